The number of H-pyrrole nitrogens is 1. The van der Waals surface area contributed by atoms with E-state index < -0.39 is 57.0 Å². The van der Waals surface area contributed by atoms with Crippen LogP contribution in [-0.4, -0.2) is 114 Å². The number of benzene rings is 3. The van der Waals surface area contributed by atoms with Crippen LogP contribution in [0.5, 0.6) is 0 Å². The predicted molar refractivity (Wildman–Crippen MR) is 231 cm³/mol. The number of nitrogens with zero attached hydrogens (tertiary/aromatic N) is 5. The summed E-state index contributed by atoms with van der Waals surface area (Å²) in [5, 5.41) is 2.69. The van der Waals surface area contributed by atoms with Crippen molar-refractivity contribution < 1.29 is 40.8 Å². The minimum absolute atomic E-state index is 0.00459. The van der Waals surface area contributed by atoms with Crippen LogP contribution in [-0.2, 0) is 32.8 Å². The predicted octanol–water partition coefficient (Wildman–Crippen LogP) is 5.35. The van der Waals surface area contributed by atoms with Crippen LogP contribution in [0.15, 0.2) is 73.1 Å². The van der Waals surface area contributed by atoms with E-state index in [1.54, 1.807) is 17.2 Å². The number of piperidine rings is 1. The second kappa shape index (κ2) is 16.2. The first-order valence-corrected chi connectivity index (χ1v) is 22.9. The molecular formula is C46H45F3N8O6S. The molecule has 0 radical (unpaired) electrons. The van der Waals surface area contributed by atoms with Gasteiger partial charge in [-0.25, -0.2) is 18.2 Å². The molecule has 5 aromatic rings. The second-order valence-electron chi connectivity index (χ2n) is 17.7. The van der Waals surface area contributed by atoms with E-state index in [9.17, 15) is 32.0 Å². The number of aryl methyl sites for hydroxylation is 1. The molecule has 4 saturated heterocycles. The van der Waals surface area contributed by atoms with Gasteiger partial charge >= 0.3 is 10.2 Å². The number of amides is 3. The largest absolute Gasteiger partial charge is 0.370 e. The van der Waals surface area contributed by atoms with Gasteiger partial charge in [-0.3, -0.25) is 29.2 Å². The Kier molecular flexibility index (Phi) is 10.6. The van der Waals surface area contributed by atoms with E-state index in [-0.39, 0.29) is 48.7 Å². The molecule has 3 N–H and O–H groups in total. The summed E-state index contributed by atoms with van der Waals surface area (Å²) >= 11 is 0. The van der Waals surface area contributed by atoms with Gasteiger partial charge in [0.15, 0.2) is 5.82 Å². The molecule has 0 saturated carbocycles. The maximum atomic E-state index is 15.7. The molecule has 7 heterocycles. The Bertz CT molecular complexity index is 2840. The van der Waals surface area contributed by atoms with E-state index in [0.29, 0.717) is 35.1 Å². The number of unbranched alkanes of at least 4 members (excludes halogenated alkanes) is 1. The zero-order valence-electron chi connectivity index (χ0n) is 34.7. The number of imide groups is 1. The topological polar surface area (TPSA) is 168 Å². The Morgan fingerprint density at radius 2 is 1.73 bits per heavy atom. The SMILES string of the molecule is O=C1CCC(N2Cc3cc(CCCCN4CC5(C4)CN(c4ccc(-c6cnc7[nH]cc(C(=O)c8c(F)ccc(NS(=O)(=O)N9CC[C@@H](F)C9)c8F)c7c6)cc4)C5)ccc3C2=O)C(=O)N1. The van der Waals surface area contributed by atoms with Gasteiger partial charge in [-0.05, 0) is 91.7 Å². The van der Waals surface area contributed by atoms with Crippen molar-refractivity contribution >= 4 is 56.1 Å². The van der Waals surface area contributed by atoms with Crippen molar-refractivity contribution in [3.8, 4) is 11.1 Å². The number of pyridine rings is 1. The van der Waals surface area contributed by atoms with Crippen LogP contribution in [0.2, 0.25) is 0 Å². The highest BCUT2D eigenvalue weighted by Gasteiger charge is 2.51. The number of likely N-dealkylation sites (tertiary alicyclic amines) is 1. The molecule has 10 rings (SSSR count). The molecule has 5 aliphatic heterocycles. The van der Waals surface area contributed by atoms with Gasteiger partial charge < -0.3 is 19.7 Å². The van der Waals surface area contributed by atoms with Gasteiger partial charge in [-0.1, -0.05) is 24.3 Å². The number of aromatic amines is 1. The van der Waals surface area contributed by atoms with Crippen molar-refractivity contribution in [2.45, 2.75) is 57.3 Å². The Labute approximate surface area is 367 Å². The molecule has 2 atom stereocenters. The average molecular weight is 895 g/mol. The third kappa shape index (κ3) is 7.70. The molecule has 0 aliphatic carbocycles. The van der Waals surface area contributed by atoms with E-state index in [4.69, 9.17) is 0 Å². The number of halogens is 3. The highest BCUT2D eigenvalue weighted by Crippen LogP contribution is 2.42. The molecule has 2 aromatic heterocycles. The first kappa shape index (κ1) is 41.9. The summed E-state index contributed by atoms with van der Waals surface area (Å²) in [5.41, 5.74) is 4.35. The number of hydrogen-bond acceptors (Lipinski definition) is 9. The Balaban J connectivity index is 0.711. The minimum Gasteiger partial charge on any atom is -0.370 e. The Morgan fingerprint density at radius 3 is 2.48 bits per heavy atom. The number of anilines is 2. The lowest BCUT2D eigenvalue weighted by atomic mass is 9.72. The number of carbonyl (C=O) groups excluding carboxylic acids is 4. The highest BCUT2D eigenvalue weighted by molar-refractivity contribution is 7.90. The summed E-state index contributed by atoms with van der Waals surface area (Å²) in [4.78, 5) is 64.5. The summed E-state index contributed by atoms with van der Waals surface area (Å²) in [6, 6.07) is 16.8. The molecule has 64 heavy (non-hydrogen) atoms. The van der Waals surface area contributed by atoms with Crippen molar-refractivity contribution in [2.75, 3.05) is 55.4 Å². The van der Waals surface area contributed by atoms with E-state index >= 15 is 8.78 Å². The van der Waals surface area contributed by atoms with E-state index in [0.717, 1.165) is 85.2 Å². The van der Waals surface area contributed by atoms with Gasteiger partial charge in [0.1, 0.15) is 23.7 Å². The molecular weight excluding hydrogens is 850 g/mol. The fourth-order valence-corrected chi connectivity index (χ4v) is 11.2. The van der Waals surface area contributed by atoms with Crippen LogP contribution < -0.4 is 14.9 Å². The van der Waals surface area contributed by atoms with E-state index in [1.165, 1.54) is 11.8 Å². The van der Waals surface area contributed by atoms with Gasteiger partial charge in [-0.15, -0.1) is 0 Å². The quantitative estimate of drug-likeness (QED) is 0.0803. The number of carbonyl (C=O) groups is 4. The Hall–Kier alpha value is -6.11. The number of rotatable bonds is 13. The summed E-state index contributed by atoms with van der Waals surface area (Å²) in [5.74, 6) is -4.40. The molecule has 14 nitrogen and oxygen atoms in total. The van der Waals surface area contributed by atoms with Crippen LogP contribution in [0, 0.1) is 17.0 Å². The molecule has 1 unspecified atom stereocenters. The zero-order chi connectivity index (χ0) is 44.5. The summed E-state index contributed by atoms with van der Waals surface area (Å²) in [6.45, 7) is 4.95. The first-order valence-electron chi connectivity index (χ1n) is 21.5. The van der Waals surface area contributed by atoms with Crippen molar-refractivity contribution in [2.24, 2.45) is 5.41 Å². The second-order valence-corrected chi connectivity index (χ2v) is 19.4. The normalized spacial score (nSPS) is 21.0. The minimum atomic E-state index is -4.35. The summed E-state index contributed by atoms with van der Waals surface area (Å²) < 4.78 is 73.0. The standard InChI is InChI=1S/C46H45F3N8O6S/c47-31-14-16-56(22-31)64(62,63)53-37-11-10-36(48)40(41(37)49)42(59)35-20-51-43-34(35)18-29(19-50-43)28-5-7-32(8-6-28)55-25-46(26-55)23-54(24-46)15-2-1-3-27-4-9-33-30(17-27)21-57(45(33)61)38-12-13-39(58)52-44(38)60/h4-11,17-20,31,38,53H,1-3,12-16,21-26H2,(H,50,51)(H,52,58,60)/t31-,38?/m1/s1. The van der Waals surface area contributed by atoms with Gasteiger partial charge in [0.05, 0.1) is 11.3 Å². The smallest absolute Gasteiger partial charge is 0.301 e. The fraction of sp³-hybridized carbons (Fsp3) is 0.370. The van der Waals surface area contributed by atoms with Crippen molar-refractivity contribution in [1.29, 1.82) is 0 Å². The summed E-state index contributed by atoms with van der Waals surface area (Å²) in [6.07, 6.45) is 5.20. The molecule has 18 heteroatoms. The van der Waals surface area contributed by atoms with Crippen LogP contribution in [0.25, 0.3) is 22.2 Å². The van der Waals surface area contributed by atoms with Crippen LogP contribution in [0.3, 0.4) is 0 Å². The zero-order valence-corrected chi connectivity index (χ0v) is 35.5. The van der Waals surface area contributed by atoms with Crippen molar-refractivity contribution in [1.82, 2.24) is 29.4 Å². The number of fused-ring (bicyclic) bond motifs is 2. The van der Waals surface area contributed by atoms with Gasteiger partial charge in [0.25, 0.3) is 5.91 Å². The van der Waals surface area contributed by atoms with Crippen molar-refractivity contribution in [3.05, 3.63) is 113 Å². The van der Waals surface area contributed by atoms with Crippen molar-refractivity contribution in [3.63, 3.8) is 0 Å². The third-order valence-corrected chi connectivity index (χ3v) is 14.8. The number of hydrogen-bond donors (Lipinski definition) is 3. The fourth-order valence-electron chi connectivity index (χ4n) is 9.95. The maximum absolute atomic E-state index is 15.7. The maximum Gasteiger partial charge on any atom is 0.301 e. The molecule has 4 fully saturated rings. The lowest BCUT2D eigenvalue weighted by Gasteiger charge is -2.61. The molecule has 3 amide bonds. The van der Waals surface area contributed by atoms with Gasteiger partial charge in [-0.2, -0.15) is 12.7 Å². The third-order valence-electron chi connectivity index (χ3n) is 13.3. The van der Waals surface area contributed by atoms with Crippen LogP contribution in [0.4, 0.5) is 24.5 Å². The Morgan fingerprint density at radius 1 is 0.938 bits per heavy atom. The highest BCUT2D eigenvalue weighted by atomic mass is 32.2. The molecule has 3 aromatic carbocycles. The number of alkyl halides is 1. The van der Waals surface area contributed by atoms with Gasteiger partial charge in [0, 0.05) is 97.8 Å². The first-order chi connectivity index (χ1) is 30.7. The molecule has 332 valence electrons. The van der Waals surface area contributed by atoms with Gasteiger partial charge in [0.2, 0.25) is 17.6 Å². The summed E-state index contributed by atoms with van der Waals surface area (Å²) in [7, 11) is -4.35. The molecule has 1 spiro atoms. The lowest BCUT2D eigenvalue weighted by Crippen LogP contribution is -2.72. The number of ketones is 1. The van der Waals surface area contributed by atoms with Crippen LogP contribution >= 0.6 is 0 Å². The average Bonchev–Trinajstić information content (AvgIpc) is 3.97. The van der Waals surface area contributed by atoms with E-state index in [1.807, 2.05) is 41.1 Å². The molecule has 5 aliphatic rings. The van der Waals surface area contributed by atoms with Crippen LogP contribution in [0.1, 0.15) is 69.5 Å². The number of aromatic nitrogens is 2. The number of nitrogens with one attached hydrogen (secondary N) is 3. The lowest BCUT2D eigenvalue weighted by molar-refractivity contribution is -0.136. The monoisotopic (exact) mass is 894 g/mol. The molecule has 0 bridgehead atoms. The van der Waals surface area contributed by atoms with E-state index in [2.05, 4.69) is 31.2 Å².